The Morgan fingerprint density at radius 2 is 2.25 bits per heavy atom. The summed E-state index contributed by atoms with van der Waals surface area (Å²) in [6.07, 6.45) is 4.66. The molecule has 4 nitrogen and oxygen atoms in total. The molecule has 1 heterocycles. The smallest absolute Gasteiger partial charge is 0.179 e. The van der Waals surface area contributed by atoms with Gasteiger partial charge in [-0.05, 0) is 25.0 Å². The highest BCUT2D eigenvalue weighted by Gasteiger charge is 2.42. The maximum absolute atomic E-state index is 11.5. The average Bonchev–Trinajstić information content (AvgIpc) is 2.98. The highest BCUT2D eigenvalue weighted by molar-refractivity contribution is 7.90. The van der Waals surface area contributed by atoms with Crippen LogP contribution in [0.2, 0.25) is 0 Å². The first-order chi connectivity index (χ1) is 7.47. The summed E-state index contributed by atoms with van der Waals surface area (Å²) in [6, 6.07) is 3.16. The monoisotopic (exact) mass is 260 g/mol. The van der Waals surface area contributed by atoms with Crippen molar-refractivity contribution in [2.24, 2.45) is 0 Å². The maximum atomic E-state index is 11.5. The molecule has 2 rings (SSSR count). The Labute approximate surface area is 99.9 Å². The summed E-state index contributed by atoms with van der Waals surface area (Å²) >= 11 is 5.83. The van der Waals surface area contributed by atoms with Gasteiger partial charge in [-0.1, -0.05) is 0 Å². The molecule has 0 aliphatic heterocycles. The third-order valence-electron chi connectivity index (χ3n) is 2.66. The predicted octanol–water partition coefficient (Wildman–Crippen LogP) is 1.67. The highest BCUT2D eigenvalue weighted by atomic mass is 35.5. The molecule has 1 aromatic heterocycles. The fourth-order valence-corrected chi connectivity index (χ4v) is 2.59. The number of nitrogens with zero attached hydrogens (tertiary/aromatic N) is 1. The Hall–Kier alpha value is -0.810. The molecule has 0 atom stereocenters. The van der Waals surface area contributed by atoms with E-state index in [0.29, 0.717) is 11.7 Å². The van der Waals surface area contributed by atoms with Crippen molar-refractivity contribution in [3.8, 4) is 0 Å². The van der Waals surface area contributed by atoms with Gasteiger partial charge in [-0.25, -0.2) is 13.4 Å². The highest BCUT2D eigenvalue weighted by Crippen LogP contribution is 2.40. The number of hydrogen-bond donors (Lipinski definition) is 1. The minimum atomic E-state index is -3.25. The molecule has 0 spiro atoms. The zero-order valence-corrected chi connectivity index (χ0v) is 10.5. The van der Waals surface area contributed by atoms with E-state index in [4.69, 9.17) is 11.6 Å². The van der Waals surface area contributed by atoms with Crippen LogP contribution < -0.4 is 5.32 Å². The van der Waals surface area contributed by atoms with Crippen LogP contribution in [0, 0.1) is 0 Å². The summed E-state index contributed by atoms with van der Waals surface area (Å²) in [6.45, 7) is 0. The van der Waals surface area contributed by atoms with Crippen molar-refractivity contribution in [2.45, 2.75) is 23.3 Å². The maximum Gasteiger partial charge on any atom is 0.179 e. The van der Waals surface area contributed by atoms with Gasteiger partial charge >= 0.3 is 0 Å². The molecule has 0 radical (unpaired) electrons. The third-order valence-corrected chi connectivity index (χ3v) is 4.30. The number of halogens is 1. The number of aromatic nitrogens is 1. The quantitative estimate of drug-likeness (QED) is 0.837. The normalized spacial score (nSPS) is 18.1. The molecule has 1 N–H and O–H groups in total. The van der Waals surface area contributed by atoms with Crippen molar-refractivity contribution < 1.29 is 8.42 Å². The molecule has 0 amide bonds. The second kappa shape index (κ2) is 3.89. The Morgan fingerprint density at radius 1 is 1.56 bits per heavy atom. The molecule has 6 heteroatoms. The summed E-state index contributed by atoms with van der Waals surface area (Å²) in [5.74, 6) is 0.871. The predicted molar refractivity (Wildman–Crippen MR) is 63.7 cm³/mol. The van der Waals surface area contributed by atoms with Crippen LogP contribution in [0.25, 0.3) is 0 Å². The average molecular weight is 261 g/mol. The Kier molecular flexibility index (Phi) is 2.84. The molecule has 1 fully saturated rings. The zero-order valence-electron chi connectivity index (χ0n) is 8.90. The summed E-state index contributed by atoms with van der Waals surface area (Å²) in [5.41, 5.74) is -0.157. The number of anilines is 1. The fourth-order valence-electron chi connectivity index (χ4n) is 1.48. The van der Waals surface area contributed by atoms with Crippen molar-refractivity contribution >= 4 is 27.3 Å². The van der Waals surface area contributed by atoms with Gasteiger partial charge in [-0.2, -0.15) is 0 Å². The molecule has 1 aliphatic rings. The molecule has 1 aliphatic carbocycles. The topological polar surface area (TPSA) is 59.1 Å². The van der Waals surface area contributed by atoms with Gasteiger partial charge in [0.1, 0.15) is 10.7 Å². The SMILES string of the molecule is CS(=O)(=O)c1cccnc1NC1(CCl)CC1. The van der Waals surface area contributed by atoms with Gasteiger partial charge in [0.15, 0.2) is 9.84 Å². The van der Waals surface area contributed by atoms with Gasteiger partial charge in [0.05, 0.1) is 5.54 Å². The summed E-state index contributed by atoms with van der Waals surface area (Å²) < 4.78 is 23.1. The van der Waals surface area contributed by atoms with E-state index < -0.39 is 9.84 Å². The molecule has 88 valence electrons. The molecule has 0 aromatic carbocycles. The Balaban J connectivity index is 2.34. The van der Waals surface area contributed by atoms with Crippen molar-refractivity contribution in [3.05, 3.63) is 18.3 Å². The van der Waals surface area contributed by atoms with Crippen LogP contribution >= 0.6 is 11.6 Å². The van der Waals surface area contributed by atoms with E-state index in [1.807, 2.05) is 0 Å². The van der Waals surface area contributed by atoms with Gasteiger partial charge in [0, 0.05) is 18.3 Å². The van der Waals surface area contributed by atoms with Crippen molar-refractivity contribution in [1.82, 2.24) is 4.98 Å². The molecular weight excluding hydrogens is 248 g/mol. The molecule has 0 saturated heterocycles. The van der Waals surface area contributed by atoms with E-state index in [9.17, 15) is 8.42 Å². The minimum Gasteiger partial charge on any atom is -0.362 e. The first-order valence-electron chi connectivity index (χ1n) is 4.96. The van der Waals surface area contributed by atoms with Gasteiger partial charge in [-0.15, -0.1) is 11.6 Å². The van der Waals surface area contributed by atoms with Crippen molar-refractivity contribution in [3.63, 3.8) is 0 Å². The van der Waals surface area contributed by atoms with Crippen LogP contribution in [0.1, 0.15) is 12.8 Å². The van der Waals surface area contributed by atoms with Crippen LogP contribution in [0.3, 0.4) is 0 Å². The lowest BCUT2D eigenvalue weighted by atomic mass is 10.3. The number of sulfone groups is 1. The van der Waals surface area contributed by atoms with Crippen LogP contribution in [0.4, 0.5) is 5.82 Å². The zero-order chi connectivity index (χ0) is 11.8. The number of alkyl halides is 1. The van der Waals surface area contributed by atoms with E-state index in [2.05, 4.69) is 10.3 Å². The molecule has 0 bridgehead atoms. The van der Waals surface area contributed by atoms with Crippen molar-refractivity contribution in [1.29, 1.82) is 0 Å². The summed E-state index contributed by atoms with van der Waals surface area (Å²) in [7, 11) is -3.25. The van der Waals surface area contributed by atoms with Crippen LogP contribution in [-0.4, -0.2) is 31.1 Å². The summed E-state index contributed by atoms with van der Waals surface area (Å²) in [5, 5.41) is 3.13. The number of rotatable bonds is 4. The van der Waals surface area contributed by atoms with E-state index >= 15 is 0 Å². The first-order valence-corrected chi connectivity index (χ1v) is 7.39. The molecular formula is C10H13ClN2O2S. The number of pyridine rings is 1. The Morgan fingerprint density at radius 3 is 2.75 bits per heavy atom. The van der Waals surface area contributed by atoms with E-state index in [0.717, 1.165) is 12.8 Å². The standard InChI is InChI=1S/C10H13ClN2O2S/c1-16(14,15)8-3-2-6-12-9(8)13-10(7-11)4-5-10/h2-3,6H,4-5,7H2,1H3,(H,12,13). The number of hydrogen-bond acceptors (Lipinski definition) is 4. The van der Waals surface area contributed by atoms with E-state index in [-0.39, 0.29) is 10.4 Å². The van der Waals surface area contributed by atoms with Crippen LogP contribution in [-0.2, 0) is 9.84 Å². The Bertz CT molecular complexity index is 497. The van der Waals surface area contributed by atoms with Crippen molar-refractivity contribution in [2.75, 3.05) is 17.5 Å². The second-order valence-corrected chi connectivity index (χ2v) is 6.41. The van der Waals surface area contributed by atoms with Gasteiger partial charge in [-0.3, -0.25) is 0 Å². The largest absolute Gasteiger partial charge is 0.362 e. The van der Waals surface area contributed by atoms with Gasteiger partial charge in [0.2, 0.25) is 0 Å². The lowest BCUT2D eigenvalue weighted by Gasteiger charge is -2.16. The van der Waals surface area contributed by atoms with E-state index in [1.54, 1.807) is 18.3 Å². The fraction of sp³-hybridized carbons (Fsp3) is 0.500. The van der Waals surface area contributed by atoms with Crippen LogP contribution in [0.5, 0.6) is 0 Å². The molecule has 1 aromatic rings. The first kappa shape index (κ1) is 11.7. The number of nitrogens with one attached hydrogen (secondary N) is 1. The lowest BCUT2D eigenvalue weighted by molar-refractivity contribution is 0.601. The minimum absolute atomic E-state index is 0.157. The lowest BCUT2D eigenvalue weighted by Crippen LogP contribution is -2.24. The summed E-state index contributed by atoms with van der Waals surface area (Å²) in [4.78, 5) is 4.30. The molecule has 1 saturated carbocycles. The second-order valence-electron chi connectivity index (χ2n) is 4.16. The van der Waals surface area contributed by atoms with Gasteiger partial charge < -0.3 is 5.32 Å². The van der Waals surface area contributed by atoms with Crippen LogP contribution in [0.15, 0.2) is 23.2 Å². The third kappa shape index (κ3) is 2.30. The molecule has 0 unspecified atom stereocenters. The molecule has 16 heavy (non-hydrogen) atoms. The van der Waals surface area contributed by atoms with Gasteiger partial charge in [0.25, 0.3) is 0 Å². The van der Waals surface area contributed by atoms with E-state index in [1.165, 1.54) is 6.26 Å².